The number of nitrogens with two attached hydrogens (primary N) is 1. The molecule has 1 heterocycles. The Morgan fingerprint density at radius 2 is 2.00 bits per heavy atom. The molecule has 0 aromatic rings. The van der Waals surface area contributed by atoms with Crippen LogP contribution in [0.2, 0.25) is 0 Å². The van der Waals surface area contributed by atoms with Crippen LogP contribution in [-0.4, -0.2) is 18.2 Å². The third kappa shape index (κ3) is 1.66. The van der Waals surface area contributed by atoms with Crippen molar-refractivity contribution in [2.75, 3.05) is 0 Å². The number of hydrogen-bond acceptors (Lipinski definition) is 2. The van der Waals surface area contributed by atoms with E-state index >= 15 is 0 Å². The molecule has 1 saturated heterocycles. The molecule has 1 fully saturated rings. The van der Waals surface area contributed by atoms with Gasteiger partial charge in [0, 0.05) is 6.04 Å². The van der Waals surface area contributed by atoms with Gasteiger partial charge >= 0.3 is 0 Å². The average molecular weight is 129 g/mol. The van der Waals surface area contributed by atoms with Crippen LogP contribution in [0.1, 0.15) is 26.7 Å². The Kier molecular flexibility index (Phi) is 2.09. The fraction of sp³-hybridized carbons (Fsp3) is 1.00. The molecular formula is C7H15NO. The summed E-state index contributed by atoms with van der Waals surface area (Å²) >= 11 is 0. The molecule has 2 heteroatoms. The SMILES string of the molecule is C[C@H]1CC[C@H](N)[C@@H](C)O1. The van der Waals surface area contributed by atoms with Crippen LogP contribution < -0.4 is 5.73 Å². The highest BCUT2D eigenvalue weighted by atomic mass is 16.5. The fourth-order valence-corrected chi connectivity index (χ4v) is 1.20. The Labute approximate surface area is 56.4 Å². The van der Waals surface area contributed by atoms with E-state index in [-0.39, 0.29) is 12.1 Å². The highest BCUT2D eigenvalue weighted by molar-refractivity contribution is 4.76. The smallest absolute Gasteiger partial charge is 0.0701 e. The molecule has 0 aliphatic carbocycles. The average Bonchev–Trinajstić information content (AvgIpc) is 1.80. The van der Waals surface area contributed by atoms with Crippen LogP contribution in [0.15, 0.2) is 0 Å². The molecule has 0 bridgehead atoms. The van der Waals surface area contributed by atoms with Gasteiger partial charge in [-0.15, -0.1) is 0 Å². The maximum Gasteiger partial charge on any atom is 0.0701 e. The van der Waals surface area contributed by atoms with Gasteiger partial charge in [-0.05, 0) is 26.7 Å². The Morgan fingerprint density at radius 3 is 2.44 bits per heavy atom. The lowest BCUT2D eigenvalue weighted by Gasteiger charge is -2.30. The van der Waals surface area contributed by atoms with Crippen molar-refractivity contribution in [1.29, 1.82) is 0 Å². The van der Waals surface area contributed by atoms with Crippen molar-refractivity contribution in [2.45, 2.75) is 44.9 Å². The van der Waals surface area contributed by atoms with Gasteiger partial charge in [-0.1, -0.05) is 0 Å². The molecule has 3 atom stereocenters. The molecule has 0 amide bonds. The molecule has 2 nitrogen and oxygen atoms in total. The first kappa shape index (κ1) is 7.03. The predicted molar refractivity (Wildman–Crippen MR) is 37.2 cm³/mol. The van der Waals surface area contributed by atoms with E-state index in [1.807, 2.05) is 6.92 Å². The normalized spacial score (nSPS) is 45.0. The molecule has 1 aliphatic rings. The Morgan fingerprint density at radius 1 is 1.33 bits per heavy atom. The van der Waals surface area contributed by atoms with E-state index in [2.05, 4.69) is 6.92 Å². The second-order valence-electron chi connectivity index (χ2n) is 2.89. The van der Waals surface area contributed by atoms with Crippen molar-refractivity contribution in [2.24, 2.45) is 5.73 Å². The third-order valence-corrected chi connectivity index (χ3v) is 1.96. The molecule has 0 aromatic heterocycles. The Bertz CT molecular complexity index is 94.9. The molecule has 1 aliphatic heterocycles. The molecule has 0 saturated carbocycles. The molecule has 0 radical (unpaired) electrons. The summed E-state index contributed by atoms with van der Waals surface area (Å²) in [7, 11) is 0. The third-order valence-electron chi connectivity index (χ3n) is 1.96. The lowest BCUT2D eigenvalue weighted by atomic mass is 10.0. The van der Waals surface area contributed by atoms with Gasteiger partial charge < -0.3 is 10.5 Å². The van der Waals surface area contributed by atoms with Crippen LogP contribution >= 0.6 is 0 Å². The minimum Gasteiger partial charge on any atom is -0.374 e. The molecule has 0 unspecified atom stereocenters. The van der Waals surface area contributed by atoms with Crippen molar-refractivity contribution in [1.82, 2.24) is 0 Å². The first-order chi connectivity index (χ1) is 4.20. The second-order valence-corrected chi connectivity index (χ2v) is 2.89. The summed E-state index contributed by atoms with van der Waals surface area (Å²) in [4.78, 5) is 0. The topological polar surface area (TPSA) is 35.2 Å². The van der Waals surface area contributed by atoms with E-state index in [4.69, 9.17) is 10.5 Å². The van der Waals surface area contributed by atoms with Crippen LogP contribution in [0.5, 0.6) is 0 Å². The zero-order valence-electron chi connectivity index (χ0n) is 6.13. The van der Waals surface area contributed by atoms with Crippen molar-refractivity contribution < 1.29 is 4.74 Å². The Hall–Kier alpha value is -0.0800. The van der Waals surface area contributed by atoms with E-state index in [1.54, 1.807) is 0 Å². The van der Waals surface area contributed by atoms with E-state index < -0.39 is 0 Å². The minimum atomic E-state index is 0.258. The fourth-order valence-electron chi connectivity index (χ4n) is 1.20. The maximum absolute atomic E-state index is 5.72. The highest BCUT2D eigenvalue weighted by Gasteiger charge is 2.21. The summed E-state index contributed by atoms with van der Waals surface area (Å²) in [6.07, 6.45) is 2.90. The highest BCUT2D eigenvalue weighted by Crippen LogP contribution is 2.16. The summed E-state index contributed by atoms with van der Waals surface area (Å²) in [5, 5.41) is 0. The molecule has 2 N–H and O–H groups in total. The lowest BCUT2D eigenvalue weighted by molar-refractivity contribution is -0.0410. The summed E-state index contributed by atoms with van der Waals surface area (Å²) in [5.41, 5.74) is 5.72. The molecule has 9 heavy (non-hydrogen) atoms. The van der Waals surface area contributed by atoms with Gasteiger partial charge in [0.1, 0.15) is 0 Å². The van der Waals surface area contributed by atoms with Gasteiger partial charge in [0.2, 0.25) is 0 Å². The lowest BCUT2D eigenvalue weighted by Crippen LogP contribution is -2.41. The summed E-state index contributed by atoms with van der Waals surface area (Å²) < 4.78 is 5.47. The molecular weight excluding hydrogens is 114 g/mol. The predicted octanol–water partition coefficient (Wildman–Crippen LogP) is 0.901. The molecule has 0 spiro atoms. The number of rotatable bonds is 0. The van der Waals surface area contributed by atoms with Crippen molar-refractivity contribution in [3.8, 4) is 0 Å². The minimum absolute atomic E-state index is 0.258. The largest absolute Gasteiger partial charge is 0.374 e. The molecule has 0 aromatic carbocycles. The number of ether oxygens (including phenoxy) is 1. The van der Waals surface area contributed by atoms with Crippen LogP contribution in [0.4, 0.5) is 0 Å². The summed E-state index contributed by atoms with van der Waals surface area (Å²) in [5.74, 6) is 0. The van der Waals surface area contributed by atoms with Crippen molar-refractivity contribution in [3.63, 3.8) is 0 Å². The van der Waals surface area contributed by atoms with Crippen LogP contribution in [0.25, 0.3) is 0 Å². The van der Waals surface area contributed by atoms with Gasteiger partial charge in [-0.25, -0.2) is 0 Å². The van der Waals surface area contributed by atoms with Crippen molar-refractivity contribution >= 4 is 0 Å². The van der Waals surface area contributed by atoms with E-state index in [1.165, 1.54) is 0 Å². The maximum atomic E-state index is 5.72. The first-order valence-corrected chi connectivity index (χ1v) is 3.61. The van der Waals surface area contributed by atoms with Gasteiger partial charge in [-0.2, -0.15) is 0 Å². The van der Waals surface area contributed by atoms with Crippen LogP contribution in [0.3, 0.4) is 0 Å². The van der Waals surface area contributed by atoms with Crippen molar-refractivity contribution in [3.05, 3.63) is 0 Å². The zero-order valence-corrected chi connectivity index (χ0v) is 6.13. The second kappa shape index (κ2) is 2.67. The quantitative estimate of drug-likeness (QED) is 0.527. The summed E-state index contributed by atoms with van der Waals surface area (Å²) in [6, 6.07) is 0.265. The number of hydrogen-bond donors (Lipinski definition) is 1. The van der Waals surface area contributed by atoms with Crippen LogP contribution in [-0.2, 0) is 4.74 Å². The van der Waals surface area contributed by atoms with Gasteiger partial charge in [-0.3, -0.25) is 0 Å². The molecule has 54 valence electrons. The van der Waals surface area contributed by atoms with E-state index in [0.717, 1.165) is 12.8 Å². The summed E-state index contributed by atoms with van der Waals surface area (Å²) in [6.45, 7) is 4.14. The van der Waals surface area contributed by atoms with Gasteiger partial charge in [0.15, 0.2) is 0 Å². The van der Waals surface area contributed by atoms with E-state index in [9.17, 15) is 0 Å². The standard InChI is InChI=1S/C7H15NO/c1-5-3-4-7(8)6(2)9-5/h5-7H,3-4,8H2,1-2H3/t5-,6+,7-/m0/s1. The first-order valence-electron chi connectivity index (χ1n) is 3.61. The van der Waals surface area contributed by atoms with Gasteiger partial charge in [0.05, 0.1) is 12.2 Å². The van der Waals surface area contributed by atoms with Gasteiger partial charge in [0.25, 0.3) is 0 Å². The molecule has 1 rings (SSSR count). The Balaban J connectivity index is 2.35. The van der Waals surface area contributed by atoms with E-state index in [0.29, 0.717) is 6.10 Å². The monoisotopic (exact) mass is 129 g/mol. The zero-order chi connectivity index (χ0) is 6.85. The van der Waals surface area contributed by atoms with Crippen LogP contribution in [0, 0.1) is 0 Å².